The molecule has 0 radical (unpaired) electrons. The summed E-state index contributed by atoms with van der Waals surface area (Å²) in [5.74, 6) is 1.42. The average Bonchev–Trinajstić information content (AvgIpc) is 3.25. The molecular formula is C17H15N5S. The molecule has 6 heteroatoms. The number of anilines is 1. The smallest absolute Gasteiger partial charge is 0.141 e. The third-order valence-electron chi connectivity index (χ3n) is 3.59. The van der Waals surface area contributed by atoms with E-state index in [-0.39, 0.29) is 0 Å². The zero-order valence-electron chi connectivity index (χ0n) is 12.4. The third kappa shape index (κ3) is 2.68. The van der Waals surface area contributed by atoms with Crippen LogP contribution in [-0.2, 0) is 0 Å². The van der Waals surface area contributed by atoms with Crippen molar-refractivity contribution in [2.75, 3.05) is 18.8 Å². The van der Waals surface area contributed by atoms with Crippen LogP contribution in [0, 0.1) is 0 Å². The lowest BCUT2D eigenvalue weighted by molar-refractivity contribution is 0.960. The molecule has 23 heavy (non-hydrogen) atoms. The summed E-state index contributed by atoms with van der Waals surface area (Å²) in [4.78, 5) is 14.5. The molecule has 2 aromatic heterocycles. The number of rotatable bonds is 3. The SMILES string of the molecule is Nc1cc(-c2nc(-c3ccccc3)c(C3=NCCN3)s2)ccn1. The summed E-state index contributed by atoms with van der Waals surface area (Å²) in [5.41, 5.74) is 8.82. The van der Waals surface area contributed by atoms with Crippen molar-refractivity contribution >= 4 is 23.0 Å². The molecule has 4 rings (SSSR count). The van der Waals surface area contributed by atoms with Gasteiger partial charge in [0, 0.05) is 23.9 Å². The van der Waals surface area contributed by atoms with Gasteiger partial charge in [0.15, 0.2) is 0 Å². The van der Waals surface area contributed by atoms with Gasteiger partial charge in [-0.3, -0.25) is 4.99 Å². The highest BCUT2D eigenvalue weighted by Gasteiger charge is 2.20. The summed E-state index contributed by atoms with van der Waals surface area (Å²) in [6.45, 7) is 1.68. The second-order valence-corrected chi connectivity index (χ2v) is 6.19. The number of nitrogens with two attached hydrogens (primary N) is 1. The maximum atomic E-state index is 5.80. The van der Waals surface area contributed by atoms with Crippen molar-refractivity contribution in [3.8, 4) is 21.8 Å². The summed E-state index contributed by atoms with van der Waals surface area (Å²) in [5, 5.41) is 4.26. The van der Waals surface area contributed by atoms with E-state index in [0.717, 1.165) is 45.6 Å². The standard InChI is InChI=1S/C17H15N5S/c18-13-10-12(6-7-19-13)17-22-14(11-4-2-1-3-5-11)15(23-17)16-20-8-9-21-16/h1-7,10H,8-9H2,(H2,18,19)(H,20,21). The van der Waals surface area contributed by atoms with Gasteiger partial charge in [-0.2, -0.15) is 0 Å². The predicted octanol–water partition coefficient (Wildman–Crippen LogP) is 2.80. The van der Waals surface area contributed by atoms with E-state index in [1.165, 1.54) is 0 Å². The maximum absolute atomic E-state index is 5.80. The highest BCUT2D eigenvalue weighted by Crippen LogP contribution is 2.34. The fraction of sp³-hybridized carbons (Fsp3) is 0.118. The Morgan fingerprint density at radius 2 is 1.96 bits per heavy atom. The van der Waals surface area contributed by atoms with Gasteiger partial charge in [0.2, 0.25) is 0 Å². The summed E-state index contributed by atoms with van der Waals surface area (Å²) >= 11 is 1.63. The van der Waals surface area contributed by atoms with Crippen molar-refractivity contribution in [3.05, 3.63) is 53.5 Å². The third-order valence-corrected chi connectivity index (χ3v) is 4.70. The van der Waals surface area contributed by atoms with Gasteiger partial charge in [0.05, 0.1) is 17.1 Å². The number of nitrogens with zero attached hydrogens (tertiary/aromatic N) is 3. The lowest BCUT2D eigenvalue weighted by Crippen LogP contribution is -2.18. The normalized spacial score (nSPS) is 13.7. The lowest BCUT2D eigenvalue weighted by atomic mass is 10.1. The molecule has 0 saturated carbocycles. The number of thiazole rings is 1. The Labute approximate surface area is 137 Å². The van der Waals surface area contributed by atoms with Crippen LogP contribution >= 0.6 is 11.3 Å². The maximum Gasteiger partial charge on any atom is 0.141 e. The quantitative estimate of drug-likeness (QED) is 0.778. The summed E-state index contributed by atoms with van der Waals surface area (Å²) in [6, 6.07) is 14.0. The summed E-state index contributed by atoms with van der Waals surface area (Å²) in [6.07, 6.45) is 1.71. The molecule has 1 aromatic carbocycles. The van der Waals surface area contributed by atoms with Crippen LogP contribution in [0.3, 0.4) is 0 Å². The number of aliphatic imine (C=N–C) groups is 1. The van der Waals surface area contributed by atoms with E-state index in [9.17, 15) is 0 Å². The number of pyridine rings is 1. The number of nitrogens with one attached hydrogen (secondary N) is 1. The molecule has 0 atom stereocenters. The Morgan fingerprint density at radius 3 is 2.70 bits per heavy atom. The largest absolute Gasteiger partial charge is 0.384 e. The number of benzene rings is 1. The zero-order valence-corrected chi connectivity index (χ0v) is 13.2. The minimum atomic E-state index is 0.497. The van der Waals surface area contributed by atoms with Crippen molar-refractivity contribution in [2.45, 2.75) is 0 Å². The van der Waals surface area contributed by atoms with Gasteiger partial charge in [0.25, 0.3) is 0 Å². The Balaban J connectivity index is 1.87. The van der Waals surface area contributed by atoms with Crippen LogP contribution in [0.2, 0.25) is 0 Å². The molecule has 3 N–H and O–H groups in total. The number of aromatic nitrogens is 2. The number of amidine groups is 1. The molecular weight excluding hydrogens is 306 g/mol. The second kappa shape index (κ2) is 5.81. The van der Waals surface area contributed by atoms with Crippen LogP contribution in [0.5, 0.6) is 0 Å². The first kappa shape index (κ1) is 13.9. The van der Waals surface area contributed by atoms with Crippen molar-refractivity contribution in [3.63, 3.8) is 0 Å². The van der Waals surface area contributed by atoms with E-state index in [2.05, 4.69) is 27.4 Å². The van der Waals surface area contributed by atoms with Crippen LogP contribution in [0.1, 0.15) is 4.88 Å². The van der Waals surface area contributed by atoms with E-state index in [1.54, 1.807) is 17.5 Å². The van der Waals surface area contributed by atoms with E-state index in [0.29, 0.717) is 5.82 Å². The number of hydrogen-bond donors (Lipinski definition) is 2. The van der Waals surface area contributed by atoms with Gasteiger partial charge in [0.1, 0.15) is 16.7 Å². The highest BCUT2D eigenvalue weighted by molar-refractivity contribution is 7.17. The van der Waals surface area contributed by atoms with Crippen molar-refractivity contribution in [1.82, 2.24) is 15.3 Å². The summed E-state index contributed by atoms with van der Waals surface area (Å²) in [7, 11) is 0. The Hall–Kier alpha value is -2.73. The topological polar surface area (TPSA) is 76.2 Å². The molecule has 114 valence electrons. The fourth-order valence-corrected chi connectivity index (χ4v) is 3.60. The molecule has 3 aromatic rings. The van der Waals surface area contributed by atoms with Gasteiger partial charge >= 0.3 is 0 Å². The molecule has 3 heterocycles. The van der Waals surface area contributed by atoms with Crippen molar-refractivity contribution in [2.24, 2.45) is 4.99 Å². The Morgan fingerprint density at radius 1 is 1.09 bits per heavy atom. The van der Waals surface area contributed by atoms with Crippen LogP contribution in [0.15, 0.2) is 53.7 Å². The van der Waals surface area contributed by atoms with Gasteiger partial charge < -0.3 is 11.1 Å². The van der Waals surface area contributed by atoms with E-state index < -0.39 is 0 Å². The number of hydrogen-bond acceptors (Lipinski definition) is 6. The predicted molar refractivity (Wildman–Crippen MR) is 94.6 cm³/mol. The van der Waals surface area contributed by atoms with Crippen molar-refractivity contribution < 1.29 is 0 Å². The summed E-state index contributed by atoms with van der Waals surface area (Å²) < 4.78 is 0. The van der Waals surface area contributed by atoms with Crippen molar-refractivity contribution in [1.29, 1.82) is 0 Å². The molecule has 0 amide bonds. The minimum absolute atomic E-state index is 0.497. The van der Waals surface area contributed by atoms with Gasteiger partial charge in [-0.15, -0.1) is 11.3 Å². The van der Waals surface area contributed by atoms with Crippen LogP contribution in [0.4, 0.5) is 5.82 Å². The molecule has 0 unspecified atom stereocenters. The van der Waals surface area contributed by atoms with E-state index >= 15 is 0 Å². The van der Waals surface area contributed by atoms with Gasteiger partial charge in [-0.1, -0.05) is 30.3 Å². The van der Waals surface area contributed by atoms with Crippen LogP contribution in [0.25, 0.3) is 21.8 Å². The molecule has 1 aliphatic heterocycles. The van der Waals surface area contributed by atoms with Crippen LogP contribution < -0.4 is 11.1 Å². The van der Waals surface area contributed by atoms with E-state index in [1.807, 2.05) is 30.3 Å². The van der Waals surface area contributed by atoms with Gasteiger partial charge in [-0.05, 0) is 12.1 Å². The first-order valence-electron chi connectivity index (χ1n) is 7.38. The average molecular weight is 321 g/mol. The first-order valence-corrected chi connectivity index (χ1v) is 8.20. The molecule has 5 nitrogen and oxygen atoms in total. The second-order valence-electron chi connectivity index (χ2n) is 5.19. The molecule has 1 aliphatic rings. The minimum Gasteiger partial charge on any atom is -0.384 e. The molecule has 0 spiro atoms. The monoisotopic (exact) mass is 321 g/mol. The Bertz CT molecular complexity index is 870. The highest BCUT2D eigenvalue weighted by atomic mass is 32.1. The zero-order chi connectivity index (χ0) is 15.6. The molecule has 0 saturated heterocycles. The Kier molecular flexibility index (Phi) is 3.51. The molecule has 0 fully saturated rings. The van der Waals surface area contributed by atoms with Gasteiger partial charge in [-0.25, -0.2) is 9.97 Å². The number of nitrogen functional groups attached to an aromatic ring is 1. The lowest BCUT2D eigenvalue weighted by Gasteiger charge is -2.02. The molecule has 0 bridgehead atoms. The fourth-order valence-electron chi connectivity index (χ4n) is 2.53. The van der Waals surface area contributed by atoms with E-state index in [4.69, 9.17) is 10.7 Å². The van der Waals surface area contributed by atoms with Crippen LogP contribution in [-0.4, -0.2) is 28.9 Å². The molecule has 0 aliphatic carbocycles. The first-order chi connectivity index (χ1) is 11.3.